The van der Waals surface area contributed by atoms with Crippen molar-refractivity contribution in [3.05, 3.63) is 70.2 Å². The van der Waals surface area contributed by atoms with Crippen LogP contribution in [-0.2, 0) is 20.9 Å². The highest BCUT2D eigenvalue weighted by Crippen LogP contribution is 2.12. The van der Waals surface area contributed by atoms with Gasteiger partial charge in [0.1, 0.15) is 17.1 Å². The summed E-state index contributed by atoms with van der Waals surface area (Å²) in [6.45, 7) is 5.51. The molecule has 9 nitrogen and oxygen atoms in total. The molecule has 1 aromatic carbocycles. The molecule has 160 valence electrons. The minimum Gasteiger partial charge on any atom is -0.505 e. The van der Waals surface area contributed by atoms with Crippen LogP contribution in [0.5, 0.6) is 5.75 Å². The van der Waals surface area contributed by atoms with E-state index in [1.807, 2.05) is 0 Å². The third-order valence-corrected chi connectivity index (χ3v) is 4.19. The number of benzene rings is 1. The quantitative estimate of drug-likeness (QED) is 0.345. The van der Waals surface area contributed by atoms with Crippen molar-refractivity contribution < 1.29 is 28.6 Å². The zero-order valence-electron chi connectivity index (χ0n) is 16.7. The number of hydrogen-bond acceptors (Lipinski definition) is 6. The molecule has 0 aliphatic rings. The Morgan fingerprint density at radius 2 is 1.90 bits per heavy atom. The highest BCUT2D eigenvalue weighted by molar-refractivity contribution is 6.39. The van der Waals surface area contributed by atoms with Crippen LogP contribution in [0, 0.1) is 0 Å². The van der Waals surface area contributed by atoms with Crippen molar-refractivity contribution in [2.45, 2.75) is 13.5 Å². The first-order chi connectivity index (χ1) is 14.9. The third kappa shape index (κ3) is 5.21. The van der Waals surface area contributed by atoms with Gasteiger partial charge in [-0.25, -0.2) is 4.79 Å². The number of ether oxygens (including phenoxy) is 1. The predicted octanol–water partition coefficient (Wildman–Crippen LogP) is 0.984. The standard InChI is InChI=1S/C22H21N3O6/c1-3-30-22(29)18-13(2)24-17(19(18)26)11-15-9-10-16(31-15)12-23-20(27)21(28)25-14-7-5-4-6-8-14/h4-11,24,26H,2-3,12H2,1H3,(H,23,27)(H,25,28)/b17-11+. The number of carbonyl (C=O) groups excluding carboxylic acids is 3. The summed E-state index contributed by atoms with van der Waals surface area (Å²) in [4.78, 5) is 38.6. The van der Waals surface area contributed by atoms with E-state index in [0.717, 1.165) is 0 Å². The van der Waals surface area contributed by atoms with Crippen molar-refractivity contribution in [2.75, 3.05) is 11.9 Å². The molecule has 0 radical (unpaired) electrons. The lowest BCUT2D eigenvalue weighted by atomic mass is 10.2. The number of aromatic nitrogens is 1. The summed E-state index contributed by atoms with van der Waals surface area (Å²) < 4.78 is 10.5. The lowest BCUT2D eigenvalue weighted by Gasteiger charge is -2.05. The number of nitrogens with one attached hydrogen (secondary N) is 3. The van der Waals surface area contributed by atoms with Gasteiger partial charge in [0.15, 0.2) is 5.75 Å². The van der Waals surface area contributed by atoms with Crippen molar-refractivity contribution in [1.82, 2.24) is 10.3 Å². The molecule has 0 aliphatic carbocycles. The third-order valence-electron chi connectivity index (χ3n) is 4.19. The van der Waals surface area contributed by atoms with E-state index in [1.54, 1.807) is 49.4 Å². The number of hydrogen-bond donors (Lipinski definition) is 4. The molecule has 4 N–H and O–H groups in total. The van der Waals surface area contributed by atoms with Crippen LogP contribution in [0.3, 0.4) is 0 Å². The molecule has 2 aromatic heterocycles. The normalized spacial score (nSPS) is 11.2. The summed E-state index contributed by atoms with van der Waals surface area (Å²) >= 11 is 0. The van der Waals surface area contributed by atoms with Crippen molar-refractivity contribution in [1.29, 1.82) is 0 Å². The maximum Gasteiger partial charge on any atom is 0.344 e. The van der Waals surface area contributed by atoms with E-state index < -0.39 is 17.8 Å². The first-order valence-electron chi connectivity index (χ1n) is 9.40. The zero-order valence-corrected chi connectivity index (χ0v) is 16.7. The number of carbonyl (C=O) groups is 3. The minimum absolute atomic E-state index is 0.0136. The molecule has 0 spiro atoms. The molecule has 0 saturated carbocycles. The van der Waals surface area contributed by atoms with Gasteiger partial charge in [-0.3, -0.25) is 9.59 Å². The smallest absolute Gasteiger partial charge is 0.344 e. The summed E-state index contributed by atoms with van der Waals surface area (Å²) in [5.41, 5.74) is 0.465. The van der Waals surface area contributed by atoms with Gasteiger partial charge in [-0.1, -0.05) is 24.8 Å². The lowest BCUT2D eigenvalue weighted by molar-refractivity contribution is -0.136. The van der Waals surface area contributed by atoms with Crippen LogP contribution >= 0.6 is 0 Å². The largest absolute Gasteiger partial charge is 0.505 e. The van der Waals surface area contributed by atoms with Crippen LogP contribution < -0.4 is 21.3 Å². The van der Waals surface area contributed by atoms with E-state index in [-0.39, 0.29) is 35.2 Å². The van der Waals surface area contributed by atoms with E-state index in [1.165, 1.54) is 6.08 Å². The first-order valence-corrected chi connectivity index (χ1v) is 9.40. The van der Waals surface area contributed by atoms with Gasteiger partial charge in [-0.15, -0.1) is 0 Å². The Hall–Kier alpha value is -4.27. The molecule has 0 fully saturated rings. The zero-order chi connectivity index (χ0) is 22.4. The molecular weight excluding hydrogens is 402 g/mol. The molecule has 9 heteroatoms. The molecule has 2 amide bonds. The molecule has 31 heavy (non-hydrogen) atoms. The molecular formula is C22H21N3O6. The monoisotopic (exact) mass is 423 g/mol. The van der Waals surface area contributed by atoms with E-state index in [4.69, 9.17) is 9.15 Å². The average molecular weight is 423 g/mol. The second-order valence-electron chi connectivity index (χ2n) is 6.41. The van der Waals surface area contributed by atoms with Crippen LogP contribution in [0.25, 0.3) is 12.7 Å². The Kier molecular flexibility index (Phi) is 6.56. The van der Waals surface area contributed by atoms with Crippen molar-refractivity contribution in [3.8, 4) is 5.75 Å². The molecule has 3 aromatic rings. The van der Waals surface area contributed by atoms with Gasteiger partial charge in [-0.05, 0) is 31.2 Å². The Labute approximate surface area is 177 Å². The summed E-state index contributed by atoms with van der Waals surface area (Å²) in [5.74, 6) is -1.85. The molecule has 3 rings (SSSR count). The summed E-state index contributed by atoms with van der Waals surface area (Å²) in [6, 6.07) is 11.8. The molecule has 0 atom stereocenters. The Balaban J connectivity index is 1.65. The SMILES string of the molecule is C=c1[nH]/c(=C/c2ccc(CNC(=O)C(=O)Nc3ccccc3)o2)c(O)c1C(=O)OCC. The van der Waals surface area contributed by atoms with E-state index in [9.17, 15) is 19.5 Å². The van der Waals surface area contributed by atoms with Gasteiger partial charge in [0.05, 0.1) is 18.5 Å². The Morgan fingerprint density at radius 3 is 2.61 bits per heavy atom. The van der Waals surface area contributed by atoms with Crippen molar-refractivity contribution in [2.24, 2.45) is 0 Å². The predicted molar refractivity (Wildman–Crippen MR) is 112 cm³/mol. The van der Waals surface area contributed by atoms with E-state index in [0.29, 0.717) is 17.2 Å². The number of para-hydroxylation sites is 1. The molecule has 0 bridgehead atoms. The summed E-state index contributed by atoms with van der Waals surface area (Å²) in [6.07, 6.45) is 1.47. The second kappa shape index (κ2) is 9.49. The van der Waals surface area contributed by atoms with Gasteiger partial charge < -0.3 is 29.9 Å². The molecule has 0 aliphatic heterocycles. The number of H-pyrrole nitrogens is 1. The minimum atomic E-state index is -0.812. The maximum absolute atomic E-state index is 12.0. The average Bonchev–Trinajstić information content (AvgIpc) is 3.30. The maximum atomic E-state index is 12.0. The van der Waals surface area contributed by atoms with E-state index in [2.05, 4.69) is 22.2 Å². The highest BCUT2D eigenvalue weighted by atomic mass is 16.5. The fourth-order valence-electron chi connectivity index (χ4n) is 2.76. The van der Waals surface area contributed by atoms with Crippen LogP contribution in [0.4, 0.5) is 5.69 Å². The number of rotatable bonds is 6. The summed E-state index contributed by atoms with van der Waals surface area (Å²) in [5, 5.41) is 15.7. The number of amides is 2. The second-order valence-corrected chi connectivity index (χ2v) is 6.41. The van der Waals surface area contributed by atoms with Crippen LogP contribution in [-0.4, -0.2) is 34.5 Å². The molecule has 2 heterocycles. The number of aromatic amines is 1. The van der Waals surface area contributed by atoms with Crippen molar-refractivity contribution >= 4 is 36.1 Å². The molecule has 0 unspecified atom stereocenters. The fourth-order valence-corrected chi connectivity index (χ4v) is 2.76. The lowest BCUT2D eigenvalue weighted by Crippen LogP contribution is -2.34. The fraction of sp³-hybridized carbons (Fsp3) is 0.136. The van der Waals surface area contributed by atoms with Crippen LogP contribution in [0.15, 0.2) is 46.9 Å². The number of furan rings is 1. The molecule has 0 saturated heterocycles. The highest BCUT2D eigenvalue weighted by Gasteiger charge is 2.17. The Bertz CT molecular complexity index is 1210. The number of esters is 1. The summed E-state index contributed by atoms with van der Waals surface area (Å²) in [7, 11) is 0. The van der Waals surface area contributed by atoms with Gasteiger partial charge in [0.25, 0.3) is 0 Å². The topological polar surface area (TPSA) is 134 Å². The first kappa shape index (κ1) is 21.4. The Morgan fingerprint density at radius 1 is 1.16 bits per heavy atom. The van der Waals surface area contributed by atoms with Crippen molar-refractivity contribution in [3.63, 3.8) is 0 Å². The van der Waals surface area contributed by atoms with E-state index >= 15 is 0 Å². The van der Waals surface area contributed by atoms with Gasteiger partial charge >= 0.3 is 17.8 Å². The van der Waals surface area contributed by atoms with Crippen LogP contribution in [0.2, 0.25) is 0 Å². The number of aromatic hydroxyl groups is 1. The van der Waals surface area contributed by atoms with Gasteiger partial charge in [-0.2, -0.15) is 0 Å². The number of anilines is 1. The van der Waals surface area contributed by atoms with Gasteiger partial charge in [0, 0.05) is 17.1 Å². The van der Waals surface area contributed by atoms with Crippen LogP contribution in [0.1, 0.15) is 28.8 Å². The van der Waals surface area contributed by atoms with Gasteiger partial charge in [0.2, 0.25) is 0 Å².